The minimum Gasteiger partial charge on any atom is -0.490 e. The summed E-state index contributed by atoms with van der Waals surface area (Å²) >= 11 is 0. The third-order valence-corrected chi connectivity index (χ3v) is 2.75. The minimum atomic E-state index is -1.01. The summed E-state index contributed by atoms with van der Waals surface area (Å²) in [4.78, 5) is 33.2. The first-order valence-electron chi connectivity index (χ1n) is 7.80. The van der Waals surface area contributed by atoms with E-state index in [9.17, 15) is 14.4 Å². The Bertz CT molecular complexity index is 642. The summed E-state index contributed by atoms with van der Waals surface area (Å²) in [6.45, 7) is 4.33. The SMILES string of the molecule is CCCOc1ccc(/C=C/C(=O)OCC(=O)NC(N)=O)cc1OCC. The maximum Gasteiger partial charge on any atom is 0.331 e. The minimum absolute atomic E-state index is 0.479. The van der Waals surface area contributed by atoms with Crippen LogP contribution in [0.15, 0.2) is 24.3 Å². The van der Waals surface area contributed by atoms with Gasteiger partial charge in [-0.25, -0.2) is 9.59 Å². The fourth-order valence-corrected chi connectivity index (χ4v) is 1.75. The number of ether oxygens (including phenoxy) is 3. The second-order valence-corrected chi connectivity index (χ2v) is 4.84. The molecule has 0 spiro atoms. The van der Waals surface area contributed by atoms with Crippen molar-refractivity contribution in [3.63, 3.8) is 0 Å². The summed E-state index contributed by atoms with van der Waals surface area (Å²) in [5.41, 5.74) is 5.47. The maximum atomic E-state index is 11.6. The number of esters is 1. The molecule has 0 fully saturated rings. The molecular weight excluding hydrogens is 328 g/mol. The van der Waals surface area contributed by atoms with Crippen molar-refractivity contribution in [2.45, 2.75) is 20.3 Å². The van der Waals surface area contributed by atoms with Crippen LogP contribution in [0.1, 0.15) is 25.8 Å². The Morgan fingerprint density at radius 2 is 1.92 bits per heavy atom. The highest BCUT2D eigenvalue weighted by molar-refractivity contribution is 5.95. The highest BCUT2D eigenvalue weighted by Crippen LogP contribution is 2.29. The smallest absolute Gasteiger partial charge is 0.331 e. The van der Waals surface area contributed by atoms with E-state index in [1.807, 2.05) is 13.8 Å². The quantitative estimate of drug-likeness (QED) is 0.516. The number of benzene rings is 1. The molecule has 0 unspecified atom stereocenters. The Hall–Kier alpha value is -3.03. The van der Waals surface area contributed by atoms with E-state index in [2.05, 4.69) is 4.74 Å². The molecule has 0 aliphatic rings. The number of carbonyl (C=O) groups is 3. The lowest BCUT2D eigenvalue weighted by molar-refractivity contribution is -0.143. The molecule has 1 aromatic rings. The largest absolute Gasteiger partial charge is 0.490 e. The topological polar surface area (TPSA) is 117 Å². The average Bonchev–Trinajstić information content (AvgIpc) is 2.57. The van der Waals surface area contributed by atoms with Gasteiger partial charge >= 0.3 is 12.0 Å². The first kappa shape index (κ1) is 20.0. The van der Waals surface area contributed by atoms with Crippen LogP contribution in [-0.4, -0.2) is 37.7 Å². The van der Waals surface area contributed by atoms with Crippen molar-refractivity contribution in [1.82, 2.24) is 5.32 Å². The number of urea groups is 1. The van der Waals surface area contributed by atoms with Gasteiger partial charge in [-0.15, -0.1) is 0 Å². The van der Waals surface area contributed by atoms with Gasteiger partial charge in [0.05, 0.1) is 13.2 Å². The van der Waals surface area contributed by atoms with Crippen LogP contribution in [-0.2, 0) is 14.3 Å². The maximum absolute atomic E-state index is 11.6. The zero-order valence-corrected chi connectivity index (χ0v) is 14.2. The van der Waals surface area contributed by atoms with Crippen LogP contribution in [0.3, 0.4) is 0 Å². The van der Waals surface area contributed by atoms with Gasteiger partial charge in [-0.3, -0.25) is 10.1 Å². The van der Waals surface area contributed by atoms with Gasteiger partial charge in [-0.2, -0.15) is 0 Å². The molecule has 0 bridgehead atoms. The number of primary amides is 1. The molecule has 0 saturated heterocycles. The summed E-state index contributed by atoms with van der Waals surface area (Å²) in [6.07, 6.45) is 3.55. The Morgan fingerprint density at radius 1 is 1.16 bits per heavy atom. The van der Waals surface area contributed by atoms with Crippen LogP contribution in [0.4, 0.5) is 4.79 Å². The van der Waals surface area contributed by atoms with Crippen molar-refractivity contribution in [1.29, 1.82) is 0 Å². The summed E-state index contributed by atoms with van der Waals surface area (Å²) in [7, 11) is 0. The van der Waals surface area contributed by atoms with E-state index in [4.69, 9.17) is 15.2 Å². The molecule has 0 atom stereocenters. The summed E-state index contributed by atoms with van der Waals surface area (Å²) in [5.74, 6) is -0.326. The fourth-order valence-electron chi connectivity index (χ4n) is 1.75. The lowest BCUT2D eigenvalue weighted by atomic mass is 10.2. The van der Waals surface area contributed by atoms with E-state index >= 15 is 0 Å². The molecule has 0 heterocycles. The molecule has 0 radical (unpaired) electrons. The Balaban J connectivity index is 2.66. The van der Waals surface area contributed by atoms with E-state index in [0.717, 1.165) is 12.5 Å². The molecule has 8 heteroatoms. The molecule has 25 heavy (non-hydrogen) atoms. The number of rotatable bonds is 9. The van der Waals surface area contributed by atoms with Gasteiger partial charge < -0.3 is 19.9 Å². The molecule has 1 rings (SSSR count). The van der Waals surface area contributed by atoms with Crippen molar-refractivity contribution >= 4 is 24.0 Å². The van der Waals surface area contributed by atoms with E-state index in [0.29, 0.717) is 30.3 Å². The third kappa shape index (κ3) is 7.87. The number of nitrogens with two attached hydrogens (primary N) is 1. The van der Waals surface area contributed by atoms with E-state index in [-0.39, 0.29) is 0 Å². The first-order valence-corrected chi connectivity index (χ1v) is 7.80. The molecule has 1 aromatic carbocycles. The van der Waals surface area contributed by atoms with Gasteiger partial charge in [-0.1, -0.05) is 13.0 Å². The third-order valence-electron chi connectivity index (χ3n) is 2.75. The van der Waals surface area contributed by atoms with Gasteiger partial charge in [0.15, 0.2) is 18.1 Å². The van der Waals surface area contributed by atoms with Crippen LogP contribution < -0.4 is 20.5 Å². The van der Waals surface area contributed by atoms with Crippen LogP contribution in [0.25, 0.3) is 6.08 Å². The number of hydrogen-bond acceptors (Lipinski definition) is 6. The van der Waals surface area contributed by atoms with Gasteiger partial charge in [0, 0.05) is 6.08 Å². The summed E-state index contributed by atoms with van der Waals surface area (Å²) in [5, 5.41) is 1.78. The van der Waals surface area contributed by atoms with Gasteiger partial charge in [0.2, 0.25) is 0 Å². The molecule has 3 N–H and O–H groups in total. The van der Waals surface area contributed by atoms with Crippen molar-refractivity contribution < 1.29 is 28.6 Å². The summed E-state index contributed by atoms with van der Waals surface area (Å²) in [6, 6.07) is 4.24. The Labute approximate surface area is 145 Å². The zero-order valence-electron chi connectivity index (χ0n) is 14.2. The fraction of sp³-hybridized carbons (Fsp3) is 0.353. The molecule has 0 aliphatic heterocycles. The van der Waals surface area contributed by atoms with Crippen molar-refractivity contribution in [3.05, 3.63) is 29.8 Å². The predicted molar refractivity (Wildman–Crippen MR) is 91.1 cm³/mol. The van der Waals surface area contributed by atoms with E-state index in [1.54, 1.807) is 23.5 Å². The van der Waals surface area contributed by atoms with Crippen LogP contribution in [0.2, 0.25) is 0 Å². The van der Waals surface area contributed by atoms with Gasteiger partial charge in [0.1, 0.15) is 0 Å². The molecule has 136 valence electrons. The molecule has 0 aliphatic carbocycles. The lowest BCUT2D eigenvalue weighted by Gasteiger charge is -2.12. The lowest BCUT2D eigenvalue weighted by Crippen LogP contribution is -2.37. The highest BCUT2D eigenvalue weighted by atomic mass is 16.5. The molecule has 3 amide bonds. The monoisotopic (exact) mass is 350 g/mol. The number of imide groups is 1. The number of nitrogens with one attached hydrogen (secondary N) is 1. The number of hydrogen-bond donors (Lipinski definition) is 2. The number of amides is 3. The highest BCUT2D eigenvalue weighted by Gasteiger charge is 2.08. The van der Waals surface area contributed by atoms with Gasteiger partial charge in [-0.05, 0) is 37.1 Å². The van der Waals surface area contributed by atoms with Crippen LogP contribution in [0.5, 0.6) is 11.5 Å². The zero-order chi connectivity index (χ0) is 18.7. The summed E-state index contributed by atoms with van der Waals surface area (Å²) < 4.78 is 15.8. The van der Waals surface area contributed by atoms with Crippen molar-refractivity contribution in [3.8, 4) is 11.5 Å². The van der Waals surface area contributed by atoms with E-state index < -0.39 is 24.5 Å². The number of carbonyl (C=O) groups excluding carboxylic acids is 3. The standard InChI is InChI=1S/C17H22N2O6/c1-3-9-24-13-7-5-12(10-14(13)23-4-2)6-8-16(21)25-11-15(20)19-17(18)22/h5-8,10H,3-4,9,11H2,1-2H3,(H3,18,19,20,22)/b8-6+. The predicted octanol–water partition coefficient (Wildman–Crippen LogP) is 1.63. The normalized spacial score (nSPS) is 10.3. The Kier molecular flexibility index (Phi) is 8.56. The van der Waals surface area contributed by atoms with Crippen molar-refractivity contribution in [2.24, 2.45) is 5.73 Å². The molecule has 8 nitrogen and oxygen atoms in total. The van der Waals surface area contributed by atoms with Crippen LogP contribution >= 0.6 is 0 Å². The Morgan fingerprint density at radius 3 is 2.56 bits per heavy atom. The van der Waals surface area contributed by atoms with Gasteiger partial charge in [0.25, 0.3) is 5.91 Å². The second-order valence-electron chi connectivity index (χ2n) is 4.84. The van der Waals surface area contributed by atoms with E-state index in [1.165, 1.54) is 6.08 Å². The molecule has 0 saturated carbocycles. The molecular formula is C17H22N2O6. The first-order chi connectivity index (χ1) is 12.0. The molecule has 0 aromatic heterocycles. The second kappa shape index (κ2) is 10.7. The average molecular weight is 350 g/mol. The van der Waals surface area contributed by atoms with Crippen LogP contribution in [0, 0.1) is 0 Å². The van der Waals surface area contributed by atoms with Crippen molar-refractivity contribution in [2.75, 3.05) is 19.8 Å².